The average molecular weight is 490 g/mol. The van der Waals surface area contributed by atoms with E-state index in [0.29, 0.717) is 23.0 Å². The fourth-order valence-electron chi connectivity index (χ4n) is 2.86. The van der Waals surface area contributed by atoms with Crippen molar-refractivity contribution >= 4 is 44.9 Å². The van der Waals surface area contributed by atoms with Crippen LogP contribution in [0.1, 0.15) is 38.3 Å². The van der Waals surface area contributed by atoms with E-state index in [1.54, 1.807) is 6.08 Å². The number of hydrogen-bond donors (Lipinski definition) is 0. The first-order chi connectivity index (χ1) is 14.4. The molecule has 1 aliphatic rings. The van der Waals surface area contributed by atoms with Gasteiger partial charge in [0.15, 0.2) is 11.5 Å². The number of imide groups is 1. The van der Waals surface area contributed by atoms with Gasteiger partial charge in [-0.2, -0.15) is 0 Å². The molecule has 1 aliphatic heterocycles. The number of nitrogens with zero attached hydrogens (tertiary/aromatic N) is 1. The van der Waals surface area contributed by atoms with E-state index in [1.165, 1.54) is 4.90 Å². The van der Waals surface area contributed by atoms with E-state index in [9.17, 15) is 9.59 Å². The maximum Gasteiger partial charge on any atom is 0.293 e. The van der Waals surface area contributed by atoms with Crippen LogP contribution >= 0.6 is 27.7 Å². The van der Waals surface area contributed by atoms with Crippen LogP contribution in [0.25, 0.3) is 6.08 Å². The first-order valence-electron chi connectivity index (χ1n) is 9.85. The summed E-state index contributed by atoms with van der Waals surface area (Å²) >= 11 is 4.42. The third-order valence-electron chi connectivity index (χ3n) is 4.63. The van der Waals surface area contributed by atoms with Crippen LogP contribution in [0.4, 0.5) is 4.79 Å². The van der Waals surface area contributed by atoms with Crippen molar-refractivity contribution in [3.8, 4) is 11.5 Å². The molecule has 3 rings (SSSR count). The second-order valence-corrected chi connectivity index (χ2v) is 8.68. The fraction of sp³-hybridized carbons (Fsp3) is 0.304. The molecule has 1 atom stereocenters. The number of carbonyl (C=O) groups excluding carboxylic acids is 2. The number of carbonyl (C=O) groups is 2. The molecule has 1 unspecified atom stereocenters. The Bertz CT molecular complexity index is 975. The summed E-state index contributed by atoms with van der Waals surface area (Å²) in [4.78, 5) is 26.9. The van der Waals surface area contributed by atoms with E-state index < -0.39 is 0 Å². The van der Waals surface area contributed by atoms with Crippen molar-refractivity contribution in [3.63, 3.8) is 0 Å². The van der Waals surface area contributed by atoms with Crippen LogP contribution in [0.15, 0.2) is 51.8 Å². The summed E-state index contributed by atoms with van der Waals surface area (Å²) < 4.78 is 12.5. The lowest BCUT2D eigenvalue weighted by Gasteiger charge is -2.16. The number of amides is 2. The molecular formula is C23H24BrNO4S. The van der Waals surface area contributed by atoms with Gasteiger partial charge in [-0.1, -0.05) is 47.1 Å². The highest BCUT2D eigenvalue weighted by atomic mass is 79.9. The van der Waals surface area contributed by atoms with Gasteiger partial charge < -0.3 is 9.47 Å². The van der Waals surface area contributed by atoms with Gasteiger partial charge in [-0.3, -0.25) is 14.5 Å². The maximum atomic E-state index is 12.8. The van der Waals surface area contributed by atoms with Gasteiger partial charge in [-0.05, 0) is 67.4 Å². The SMILES string of the molecule is CCOc1cc(/C=C2\SC(=O)N(Cc3ccccc3Br)C2=O)ccc1OC(C)CC. The average Bonchev–Trinajstić information content (AvgIpc) is 2.99. The van der Waals surface area contributed by atoms with Crippen molar-refractivity contribution in [2.45, 2.75) is 39.8 Å². The van der Waals surface area contributed by atoms with Gasteiger partial charge in [-0.25, -0.2) is 0 Å². The van der Waals surface area contributed by atoms with Crippen LogP contribution in [0.5, 0.6) is 11.5 Å². The lowest BCUT2D eigenvalue weighted by atomic mass is 10.1. The fourth-order valence-corrected chi connectivity index (χ4v) is 4.11. The van der Waals surface area contributed by atoms with E-state index in [1.807, 2.05) is 56.3 Å². The third-order valence-corrected chi connectivity index (χ3v) is 6.31. The zero-order valence-corrected chi connectivity index (χ0v) is 19.6. The van der Waals surface area contributed by atoms with Crippen molar-refractivity contribution in [3.05, 3.63) is 63.0 Å². The highest BCUT2D eigenvalue weighted by Gasteiger charge is 2.35. The predicted octanol–water partition coefficient (Wildman–Crippen LogP) is 6.26. The molecule has 0 bridgehead atoms. The van der Waals surface area contributed by atoms with Gasteiger partial charge in [0, 0.05) is 4.47 Å². The molecular weight excluding hydrogens is 466 g/mol. The molecule has 0 aliphatic carbocycles. The lowest BCUT2D eigenvalue weighted by molar-refractivity contribution is -0.123. The molecule has 0 N–H and O–H groups in total. The van der Waals surface area contributed by atoms with Crippen LogP contribution in [-0.4, -0.2) is 28.8 Å². The molecule has 2 aromatic rings. The largest absolute Gasteiger partial charge is 0.490 e. The Morgan fingerprint density at radius 1 is 1.13 bits per heavy atom. The molecule has 30 heavy (non-hydrogen) atoms. The molecule has 0 spiro atoms. The highest BCUT2D eigenvalue weighted by Crippen LogP contribution is 2.36. The summed E-state index contributed by atoms with van der Waals surface area (Å²) in [6.45, 7) is 6.71. The second-order valence-electron chi connectivity index (χ2n) is 6.84. The van der Waals surface area contributed by atoms with Gasteiger partial charge in [0.1, 0.15) is 0 Å². The quantitative estimate of drug-likeness (QED) is 0.409. The Hall–Kier alpha value is -2.25. The van der Waals surface area contributed by atoms with Crippen molar-refractivity contribution in [1.29, 1.82) is 0 Å². The van der Waals surface area contributed by atoms with E-state index in [4.69, 9.17) is 9.47 Å². The molecule has 1 saturated heterocycles. The number of benzene rings is 2. The molecule has 2 aromatic carbocycles. The minimum atomic E-state index is -0.293. The van der Waals surface area contributed by atoms with E-state index >= 15 is 0 Å². The Balaban J connectivity index is 1.82. The zero-order chi connectivity index (χ0) is 21.7. The van der Waals surface area contributed by atoms with Crippen molar-refractivity contribution in [2.75, 3.05) is 6.61 Å². The number of rotatable bonds is 8. The molecule has 1 fully saturated rings. The summed E-state index contributed by atoms with van der Waals surface area (Å²) in [5.74, 6) is 1.00. The smallest absolute Gasteiger partial charge is 0.293 e. The summed E-state index contributed by atoms with van der Waals surface area (Å²) in [6.07, 6.45) is 2.68. The van der Waals surface area contributed by atoms with Crippen molar-refractivity contribution in [1.82, 2.24) is 4.90 Å². The molecule has 158 valence electrons. The summed E-state index contributed by atoms with van der Waals surface area (Å²) in [5.41, 5.74) is 1.66. The van der Waals surface area contributed by atoms with Crippen LogP contribution in [-0.2, 0) is 11.3 Å². The predicted molar refractivity (Wildman–Crippen MR) is 124 cm³/mol. The van der Waals surface area contributed by atoms with Crippen molar-refractivity contribution in [2.24, 2.45) is 0 Å². The van der Waals surface area contributed by atoms with Gasteiger partial charge >= 0.3 is 0 Å². The maximum absolute atomic E-state index is 12.8. The second kappa shape index (κ2) is 10.2. The Morgan fingerprint density at radius 2 is 1.90 bits per heavy atom. The monoisotopic (exact) mass is 489 g/mol. The van der Waals surface area contributed by atoms with Crippen LogP contribution in [0.3, 0.4) is 0 Å². The topological polar surface area (TPSA) is 55.8 Å². The van der Waals surface area contributed by atoms with Gasteiger partial charge in [-0.15, -0.1) is 0 Å². The Kier molecular flexibility index (Phi) is 7.61. The highest BCUT2D eigenvalue weighted by molar-refractivity contribution is 9.10. The van der Waals surface area contributed by atoms with E-state index in [2.05, 4.69) is 22.9 Å². The number of hydrogen-bond acceptors (Lipinski definition) is 5. The van der Waals surface area contributed by atoms with E-state index in [-0.39, 0.29) is 23.8 Å². The first-order valence-corrected chi connectivity index (χ1v) is 11.5. The molecule has 2 amide bonds. The standard InChI is InChI=1S/C23H24BrNO4S/c1-4-15(3)29-19-11-10-16(12-20(19)28-5-2)13-21-22(26)25(23(27)30-21)14-17-8-6-7-9-18(17)24/h6-13,15H,4-5,14H2,1-3H3/b21-13-. The molecule has 1 heterocycles. The third kappa shape index (κ3) is 5.26. The minimum Gasteiger partial charge on any atom is -0.490 e. The first kappa shape index (κ1) is 22.4. The molecule has 5 nitrogen and oxygen atoms in total. The number of thioether (sulfide) groups is 1. The van der Waals surface area contributed by atoms with Gasteiger partial charge in [0.25, 0.3) is 11.1 Å². The van der Waals surface area contributed by atoms with Gasteiger partial charge in [0.05, 0.1) is 24.2 Å². The summed E-state index contributed by atoms with van der Waals surface area (Å²) in [5, 5.41) is -0.274. The normalized spacial score (nSPS) is 16.3. The summed E-state index contributed by atoms with van der Waals surface area (Å²) in [7, 11) is 0. The van der Waals surface area contributed by atoms with Crippen LogP contribution in [0.2, 0.25) is 0 Å². The lowest BCUT2D eigenvalue weighted by Crippen LogP contribution is -2.27. The molecule has 0 saturated carbocycles. The van der Waals surface area contributed by atoms with Crippen LogP contribution < -0.4 is 9.47 Å². The zero-order valence-electron chi connectivity index (χ0n) is 17.2. The van der Waals surface area contributed by atoms with Crippen LogP contribution in [0, 0.1) is 0 Å². The van der Waals surface area contributed by atoms with Crippen molar-refractivity contribution < 1.29 is 19.1 Å². The molecule has 0 radical (unpaired) electrons. The molecule has 7 heteroatoms. The minimum absolute atomic E-state index is 0.0730. The number of halogens is 1. The number of ether oxygens (including phenoxy) is 2. The Labute approximate surface area is 189 Å². The summed E-state index contributed by atoms with van der Waals surface area (Å²) in [6, 6.07) is 13.1. The van der Waals surface area contributed by atoms with Gasteiger partial charge in [0.2, 0.25) is 0 Å². The Morgan fingerprint density at radius 3 is 2.60 bits per heavy atom. The van der Waals surface area contributed by atoms with E-state index in [0.717, 1.165) is 33.8 Å². The molecule has 0 aromatic heterocycles.